The number of allylic oxidation sites excluding steroid dienone is 1. The Kier molecular flexibility index (Phi) is 2.87. The van der Waals surface area contributed by atoms with Gasteiger partial charge in [-0.3, -0.25) is 0 Å². The van der Waals surface area contributed by atoms with E-state index in [-0.39, 0.29) is 0 Å². The summed E-state index contributed by atoms with van der Waals surface area (Å²) in [4.78, 5) is 0. The molecular formula is C13H17N. The van der Waals surface area contributed by atoms with Gasteiger partial charge in [0, 0.05) is 12.2 Å². The molecule has 2 rings (SSSR count). The molecule has 1 nitrogen and oxygen atoms in total. The van der Waals surface area contributed by atoms with Crippen molar-refractivity contribution in [3.05, 3.63) is 41.5 Å². The minimum absolute atomic E-state index is 1.07. The summed E-state index contributed by atoms with van der Waals surface area (Å²) < 4.78 is 0. The number of hydrogen-bond donors (Lipinski definition) is 1. The monoisotopic (exact) mass is 187 g/mol. The van der Waals surface area contributed by atoms with Gasteiger partial charge in [0.2, 0.25) is 0 Å². The third-order valence-corrected chi connectivity index (χ3v) is 2.84. The van der Waals surface area contributed by atoms with E-state index in [4.69, 9.17) is 0 Å². The Labute approximate surface area is 85.8 Å². The molecule has 14 heavy (non-hydrogen) atoms. The molecule has 0 saturated heterocycles. The maximum atomic E-state index is 3.49. The third kappa shape index (κ3) is 1.98. The SMILES string of the molecule is CC/C1=C/Cc2ccccc2NCC1. The highest BCUT2D eigenvalue weighted by Gasteiger charge is 2.04. The van der Waals surface area contributed by atoms with Crippen LogP contribution in [0, 0.1) is 0 Å². The first kappa shape index (κ1) is 9.32. The van der Waals surface area contributed by atoms with Gasteiger partial charge in [-0.2, -0.15) is 0 Å². The van der Waals surface area contributed by atoms with Crippen LogP contribution in [0.5, 0.6) is 0 Å². The second kappa shape index (κ2) is 4.32. The summed E-state index contributed by atoms with van der Waals surface area (Å²) in [7, 11) is 0. The molecule has 0 bridgehead atoms. The third-order valence-electron chi connectivity index (χ3n) is 2.84. The molecule has 1 heterocycles. The molecule has 0 saturated carbocycles. The minimum atomic E-state index is 1.07. The Morgan fingerprint density at radius 3 is 3.00 bits per heavy atom. The predicted octanol–water partition coefficient (Wildman–Crippen LogP) is 3.38. The second-order valence-electron chi connectivity index (χ2n) is 3.75. The van der Waals surface area contributed by atoms with Gasteiger partial charge in [-0.05, 0) is 30.9 Å². The molecule has 1 aliphatic heterocycles. The van der Waals surface area contributed by atoms with Crippen molar-refractivity contribution in [1.82, 2.24) is 0 Å². The van der Waals surface area contributed by atoms with Crippen LogP contribution >= 0.6 is 0 Å². The molecule has 1 heteroatoms. The molecule has 1 aromatic rings. The number of para-hydroxylation sites is 1. The fraction of sp³-hybridized carbons (Fsp3) is 0.385. The molecule has 1 N–H and O–H groups in total. The van der Waals surface area contributed by atoms with Crippen molar-refractivity contribution in [1.29, 1.82) is 0 Å². The van der Waals surface area contributed by atoms with Crippen molar-refractivity contribution in [2.75, 3.05) is 11.9 Å². The van der Waals surface area contributed by atoms with Crippen LogP contribution in [0.25, 0.3) is 0 Å². The van der Waals surface area contributed by atoms with Crippen molar-refractivity contribution in [2.24, 2.45) is 0 Å². The molecule has 1 aliphatic rings. The van der Waals surface area contributed by atoms with Crippen LogP contribution in [-0.2, 0) is 6.42 Å². The van der Waals surface area contributed by atoms with E-state index in [2.05, 4.69) is 42.6 Å². The molecule has 0 fully saturated rings. The Balaban J connectivity index is 2.25. The van der Waals surface area contributed by atoms with Crippen LogP contribution in [0.4, 0.5) is 5.69 Å². The zero-order valence-electron chi connectivity index (χ0n) is 8.72. The average molecular weight is 187 g/mol. The maximum absolute atomic E-state index is 3.49. The van der Waals surface area contributed by atoms with E-state index in [1.165, 1.54) is 24.1 Å². The summed E-state index contributed by atoms with van der Waals surface area (Å²) in [6, 6.07) is 8.58. The van der Waals surface area contributed by atoms with Crippen LogP contribution in [0.2, 0.25) is 0 Å². The highest BCUT2D eigenvalue weighted by Crippen LogP contribution is 2.20. The molecule has 0 aromatic heterocycles. The Morgan fingerprint density at radius 2 is 2.14 bits per heavy atom. The molecule has 0 aliphatic carbocycles. The van der Waals surface area contributed by atoms with Crippen molar-refractivity contribution < 1.29 is 0 Å². The summed E-state index contributed by atoms with van der Waals surface area (Å²) in [5, 5.41) is 3.49. The van der Waals surface area contributed by atoms with E-state index < -0.39 is 0 Å². The van der Waals surface area contributed by atoms with Gasteiger partial charge >= 0.3 is 0 Å². The zero-order valence-corrected chi connectivity index (χ0v) is 8.72. The van der Waals surface area contributed by atoms with E-state index >= 15 is 0 Å². The minimum Gasteiger partial charge on any atom is -0.384 e. The van der Waals surface area contributed by atoms with Gasteiger partial charge in [0.1, 0.15) is 0 Å². The van der Waals surface area contributed by atoms with Gasteiger partial charge in [-0.25, -0.2) is 0 Å². The van der Waals surface area contributed by atoms with E-state index in [0.29, 0.717) is 0 Å². The van der Waals surface area contributed by atoms with E-state index in [9.17, 15) is 0 Å². The van der Waals surface area contributed by atoms with Gasteiger partial charge in [-0.15, -0.1) is 0 Å². The lowest BCUT2D eigenvalue weighted by Gasteiger charge is -2.15. The quantitative estimate of drug-likeness (QED) is 0.664. The Hall–Kier alpha value is -1.24. The normalized spacial score (nSPS) is 19.6. The van der Waals surface area contributed by atoms with Gasteiger partial charge in [-0.1, -0.05) is 36.8 Å². The van der Waals surface area contributed by atoms with Crippen LogP contribution in [-0.4, -0.2) is 6.54 Å². The predicted molar refractivity (Wildman–Crippen MR) is 61.6 cm³/mol. The lowest BCUT2D eigenvalue weighted by atomic mass is 10.0. The molecule has 1 aromatic carbocycles. The lowest BCUT2D eigenvalue weighted by Crippen LogP contribution is -2.07. The van der Waals surface area contributed by atoms with Crippen LogP contribution in [0.15, 0.2) is 35.9 Å². The number of rotatable bonds is 1. The number of fused-ring (bicyclic) bond motifs is 1. The summed E-state index contributed by atoms with van der Waals surface area (Å²) in [6.45, 7) is 3.30. The number of anilines is 1. The van der Waals surface area contributed by atoms with E-state index in [1.54, 1.807) is 5.57 Å². The molecule has 0 spiro atoms. The topological polar surface area (TPSA) is 12.0 Å². The maximum Gasteiger partial charge on any atom is 0.0375 e. The van der Waals surface area contributed by atoms with Crippen molar-refractivity contribution in [2.45, 2.75) is 26.2 Å². The van der Waals surface area contributed by atoms with Gasteiger partial charge in [0.25, 0.3) is 0 Å². The standard InChI is InChI=1S/C13H17N/c1-2-11-7-8-12-5-3-4-6-13(12)14-10-9-11/h3-7,14H,2,8-10H2,1H3/b11-7-. The van der Waals surface area contributed by atoms with E-state index in [1.807, 2.05) is 0 Å². The Bertz CT molecular complexity index is 339. The summed E-state index contributed by atoms with van der Waals surface area (Å²) in [5.74, 6) is 0. The van der Waals surface area contributed by atoms with Gasteiger partial charge in [0.15, 0.2) is 0 Å². The van der Waals surface area contributed by atoms with E-state index in [0.717, 1.165) is 13.0 Å². The van der Waals surface area contributed by atoms with Crippen molar-refractivity contribution in [3.8, 4) is 0 Å². The van der Waals surface area contributed by atoms with Gasteiger partial charge in [0.05, 0.1) is 0 Å². The first-order valence-electron chi connectivity index (χ1n) is 5.40. The van der Waals surface area contributed by atoms with Crippen molar-refractivity contribution >= 4 is 5.69 Å². The molecule has 0 radical (unpaired) electrons. The fourth-order valence-corrected chi connectivity index (χ4v) is 1.91. The van der Waals surface area contributed by atoms with Gasteiger partial charge < -0.3 is 5.32 Å². The zero-order chi connectivity index (χ0) is 9.80. The largest absolute Gasteiger partial charge is 0.384 e. The van der Waals surface area contributed by atoms with Crippen molar-refractivity contribution in [3.63, 3.8) is 0 Å². The first-order valence-corrected chi connectivity index (χ1v) is 5.40. The summed E-state index contributed by atoms with van der Waals surface area (Å²) >= 11 is 0. The smallest absolute Gasteiger partial charge is 0.0375 e. The number of hydrogen-bond acceptors (Lipinski definition) is 1. The lowest BCUT2D eigenvalue weighted by molar-refractivity contribution is 0.900. The summed E-state index contributed by atoms with van der Waals surface area (Å²) in [6.07, 6.45) is 5.83. The van der Waals surface area contributed by atoms with Crippen LogP contribution < -0.4 is 5.32 Å². The second-order valence-corrected chi connectivity index (χ2v) is 3.75. The molecule has 0 amide bonds. The highest BCUT2D eigenvalue weighted by molar-refractivity contribution is 5.52. The van der Waals surface area contributed by atoms with Crippen LogP contribution in [0.1, 0.15) is 25.3 Å². The highest BCUT2D eigenvalue weighted by atomic mass is 14.9. The fourth-order valence-electron chi connectivity index (χ4n) is 1.91. The molecule has 0 atom stereocenters. The summed E-state index contributed by atoms with van der Waals surface area (Å²) in [5.41, 5.74) is 4.30. The molecule has 74 valence electrons. The van der Waals surface area contributed by atoms with Crippen LogP contribution in [0.3, 0.4) is 0 Å². The molecular weight excluding hydrogens is 170 g/mol. The first-order chi connectivity index (χ1) is 6.90. The number of nitrogens with one attached hydrogen (secondary N) is 1. The Morgan fingerprint density at radius 1 is 1.29 bits per heavy atom. The average Bonchev–Trinajstić information content (AvgIpc) is 2.19. The number of benzene rings is 1. The molecule has 0 unspecified atom stereocenters.